The molecule has 8 heteroatoms. The fraction of sp³-hybridized carbons (Fsp3) is 0.500. The number of nitrogens with one attached hydrogen (secondary N) is 1. The van der Waals surface area contributed by atoms with Crippen LogP contribution in [0.3, 0.4) is 0 Å². The molecule has 1 aromatic heterocycles. The van der Waals surface area contributed by atoms with Gasteiger partial charge in [-0.1, -0.05) is 0 Å². The van der Waals surface area contributed by atoms with Crippen LogP contribution in [0.15, 0.2) is 22.6 Å². The number of aryl methyl sites for hydroxylation is 1. The smallest absolute Gasteiger partial charge is 0.230 e. The number of thioether (sulfide) groups is 1. The Kier molecular flexibility index (Phi) is 7.22. The minimum atomic E-state index is 0.0155. The molecule has 1 saturated heterocycles. The Labute approximate surface area is 169 Å². The molecule has 0 unspecified atom stereocenters. The first kappa shape index (κ1) is 20.5. The second kappa shape index (κ2) is 9.84. The van der Waals surface area contributed by atoms with Crippen molar-refractivity contribution in [2.24, 2.45) is 0 Å². The largest absolute Gasteiger partial charge is 0.493 e. The molecule has 1 aliphatic rings. The summed E-state index contributed by atoms with van der Waals surface area (Å²) in [7, 11) is 3.19. The Bertz CT molecular complexity index is 802. The van der Waals surface area contributed by atoms with Crippen molar-refractivity contribution >= 4 is 17.7 Å². The normalized spacial score (nSPS) is 16.2. The molecule has 0 aliphatic carbocycles. The molecule has 0 spiro atoms. The summed E-state index contributed by atoms with van der Waals surface area (Å²) in [4.78, 5) is 16.6. The van der Waals surface area contributed by atoms with Gasteiger partial charge in [0.15, 0.2) is 11.5 Å². The van der Waals surface area contributed by atoms with Gasteiger partial charge in [0.1, 0.15) is 5.76 Å². The van der Waals surface area contributed by atoms with Crippen molar-refractivity contribution in [3.8, 4) is 23.0 Å². The van der Waals surface area contributed by atoms with Crippen molar-refractivity contribution < 1.29 is 23.4 Å². The molecule has 2 heterocycles. The lowest BCUT2D eigenvalue weighted by atomic mass is 10.2. The van der Waals surface area contributed by atoms with Gasteiger partial charge in [0.25, 0.3) is 0 Å². The lowest BCUT2D eigenvalue weighted by Gasteiger charge is -2.10. The Balaban J connectivity index is 1.53. The second-order valence-electron chi connectivity index (χ2n) is 6.52. The number of oxazole rings is 1. The zero-order valence-corrected chi connectivity index (χ0v) is 17.3. The van der Waals surface area contributed by atoms with Gasteiger partial charge in [0.05, 0.1) is 31.8 Å². The third kappa shape index (κ3) is 5.20. The summed E-state index contributed by atoms with van der Waals surface area (Å²) in [5.41, 5.74) is 1.65. The molecule has 0 bridgehead atoms. The maximum Gasteiger partial charge on any atom is 0.230 e. The van der Waals surface area contributed by atoms with Crippen LogP contribution in [-0.2, 0) is 15.3 Å². The fourth-order valence-electron chi connectivity index (χ4n) is 2.98. The first-order chi connectivity index (χ1) is 13.6. The van der Waals surface area contributed by atoms with Crippen molar-refractivity contribution in [2.45, 2.75) is 31.6 Å². The van der Waals surface area contributed by atoms with Gasteiger partial charge in [-0.15, -0.1) is 11.8 Å². The summed E-state index contributed by atoms with van der Waals surface area (Å²) in [5, 5.41) is 2.93. The number of nitrogens with zero attached hydrogens (tertiary/aromatic N) is 1. The van der Waals surface area contributed by atoms with E-state index in [0.717, 1.165) is 36.5 Å². The lowest BCUT2D eigenvalue weighted by Crippen LogP contribution is -2.32. The van der Waals surface area contributed by atoms with Crippen LogP contribution < -0.4 is 14.8 Å². The summed E-state index contributed by atoms with van der Waals surface area (Å²) in [5.74, 6) is 3.55. The van der Waals surface area contributed by atoms with Crippen molar-refractivity contribution in [3.63, 3.8) is 0 Å². The highest BCUT2D eigenvalue weighted by Gasteiger charge is 2.17. The molecule has 1 atom stereocenters. The number of carbonyl (C=O) groups is 1. The molecule has 1 aromatic carbocycles. The van der Waals surface area contributed by atoms with Crippen molar-refractivity contribution in [3.05, 3.63) is 29.7 Å². The molecule has 2 aromatic rings. The minimum absolute atomic E-state index is 0.0155. The highest BCUT2D eigenvalue weighted by atomic mass is 32.2. The number of benzene rings is 1. The van der Waals surface area contributed by atoms with Crippen LogP contribution in [-0.4, -0.2) is 50.1 Å². The number of rotatable bonds is 9. The zero-order chi connectivity index (χ0) is 19.9. The molecule has 3 rings (SSSR count). The number of amides is 1. The molecule has 7 nitrogen and oxygen atoms in total. The topological polar surface area (TPSA) is 82.8 Å². The van der Waals surface area contributed by atoms with E-state index in [1.54, 1.807) is 14.2 Å². The summed E-state index contributed by atoms with van der Waals surface area (Å²) < 4.78 is 21.9. The SMILES string of the molecule is COc1ccc(-c2nc(CSCC(=O)NC[C@@H]3CCCO3)c(C)o2)cc1OC. The average molecular weight is 407 g/mol. The maximum absolute atomic E-state index is 12.0. The van der Waals surface area contributed by atoms with E-state index in [2.05, 4.69) is 10.3 Å². The quantitative estimate of drug-likeness (QED) is 0.685. The zero-order valence-electron chi connectivity index (χ0n) is 16.4. The number of aromatic nitrogens is 1. The maximum atomic E-state index is 12.0. The van der Waals surface area contributed by atoms with Gasteiger partial charge in [-0.2, -0.15) is 0 Å². The van der Waals surface area contributed by atoms with Crippen LogP contribution in [0.2, 0.25) is 0 Å². The van der Waals surface area contributed by atoms with Crippen LogP contribution in [0.4, 0.5) is 0 Å². The van der Waals surface area contributed by atoms with E-state index >= 15 is 0 Å². The van der Waals surface area contributed by atoms with Gasteiger partial charge in [0, 0.05) is 24.5 Å². The monoisotopic (exact) mass is 406 g/mol. The summed E-state index contributed by atoms with van der Waals surface area (Å²) in [6, 6.07) is 5.53. The number of hydrogen-bond donors (Lipinski definition) is 1. The average Bonchev–Trinajstić information content (AvgIpc) is 3.36. The van der Waals surface area contributed by atoms with E-state index in [4.69, 9.17) is 18.6 Å². The predicted molar refractivity (Wildman–Crippen MR) is 108 cm³/mol. The van der Waals surface area contributed by atoms with E-state index in [1.165, 1.54) is 11.8 Å². The van der Waals surface area contributed by atoms with Gasteiger partial charge in [0.2, 0.25) is 11.8 Å². The van der Waals surface area contributed by atoms with E-state index in [-0.39, 0.29) is 12.0 Å². The second-order valence-corrected chi connectivity index (χ2v) is 7.51. The third-order valence-electron chi connectivity index (χ3n) is 4.55. The van der Waals surface area contributed by atoms with Gasteiger partial charge in [-0.25, -0.2) is 4.98 Å². The molecule has 0 saturated carbocycles. The van der Waals surface area contributed by atoms with Crippen LogP contribution in [0.5, 0.6) is 11.5 Å². The van der Waals surface area contributed by atoms with Crippen LogP contribution in [0, 0.1) is 6.92 Å². The van der Waals surface area contributed by atoms with E-state index in [0.29, 0.717) is 35.4 Å². The van der Waals surface area contributed by atoms with Crippen molar-refractivity contribution in [1.29, 1.82) is 0 Å². The summed E-state index contributed by atoms with van der Waals surface area (Å²) >= 11 is 1.51. The molecule has 1 fully saturated rings. The summed E-state index contributed by atoms with van der Waals surface area (Å²) in [6.45, 7) is 3.26. The number of methoxy groups -OCH3 is 2. The van der Waals surface area contributed by atoms with Crippen molar-refractivity contribution in [2.75, 3.05) is 33.1 Å². The van der Waals surface area contributed by atoms with Gasteiger partial charge in [-0.05, 0) is 38.0 Å². The number of carbonyl (C=O) groups excluding carboxylic acids is 1. The van der Waals surface area contributed by atoms with Gasteiger partial charge >= 0.3 is 0 Å². The molecular weight excluding hydrogens is 380 g/mol. The van der Waals surface area contributed by atoms with E-state index < -0.39 is 0 Å². The fourth-order valence-corrected chi connectivity index (χ4v) is 3.83. The number of hydrogen-bond acceptors (Lipinski definition) is 7. The highest BCUT2D eigenvalue weighted by molar-refractivity contribution is 7.99. The molecule has 152 valence electrons. The van der Waals surface area contributed by atoms with Crippen LogP contribution in [0.25, 0.3) is 11.5 Å². The molecule has 0 radical (unpaired) electrons. The van der Waals surface area contributed by atoms with Crippen LogP contribution >= 0.6 is 11.8 Å². The Hall–Kier alpha value is -2.19. The first-order valence-electron chi connectivity index (χ1n) is 9.25. The molecule has 28 heavy (non-hydrogen) atoms. The first-order valence-corrected chi connectivity index (χ1v) is 10.4. The van der Waals surface area contributed by atoms with Gasteiger partial charge in [-0.3, -0.25) is 4.79 Å². The molecule has 1 amide bonds. The lowest BCUT2D eigenvalue weighted by molar-refractivity contribution is -0.119. The van der Waals surface area contributed by atoms with Crippen molar-refractivity contribution in [1.82, 2.24) is 10.3 Å². The Morgan fingerprint density at radius 2 is 2.14 bits per heavy atom. The minimum Gasteiger partial charge on any atom is -0.493 e. The van der Waals surface area contributed by atoms with E-state index in [9.17, 15) is 4.79 Å². The molecule has 1 aliphatic heterocycles. The Morgan fingerprint density at radius 1 is 1.32 bits per heavy atom. The van der Waals surface area contributed by atoms with Gasteiger partial charge < -0.3 is 23.9 Å². The standard InChI is InChI=1S/C20H26N2O5S/c1-13-16(11-28-12-19(23)21-10-15-5-4-8-26-15)22-20(27-13)14-6-7-17(24-2)18(9-14)25-3/h6-7,9,15H,4-5,8,10-12H2,1-3H3,(H,21,23)/t15-/m0/s1. The Morgan fingerprint density at radius 3 is 2.86 bits per heavy atom. The highest BCUT2D eigenvalue weighted by Crippen LogP contribution is 2.33. The van der Waals surface area contributed by atoms with Crippen LogP contribution in [0.1, 0.15) is 24.3 Å². The number of ether oxygens (including phenoxy) is 3. The predicted octanol–water partition coefficient (Wildman–Crippen LogP) is 3.20. The summed E-state index contributed by atoms with van der Waals surface area (Å²) in [6.07, 6.45) is 2.25. The molecule has 1 N–H and O–H groups in total. The molecular formula is C20H26N2O5S. The third-order valence-corrected chi connectivity index (χ3v) is 5.49. The van der Waals surface area contributed by atoms with E-state index in [1.807, 2.05) is 25.1 Å².